The molecule has 1 saturated carbocycles. The molecule has 1 aromatic heterocycles. The first kappa shape index (κ1) is 43.8. The Bertz CT molecular complexity index is 1790. The highest BCUT2D eigenvalue weighted by Crippen LogP contribution is 2.28. The predicted octanol–water partition coefficient (Wildman–Crippen LogP) is 4.78. The fourth-order valence-electron chi connectivity index (χ4n) is 6.64. The van der Waals surface area contributed by atoms with E-state index in [9.17, 15) is 23.1 Å². The van der Waals surface area contributed by atoms with Gasteiger partial charge >= 0.3 is 6.03 Å². The van der Waals surface area contributed by atoms with Crippen LogP contribution in [0.15, 0.2) is 70.0 Å². The molecule has 14 nitrogen and oxygen atoms in total. The summed E-state index contributed by atoms with van der Waals surface area (Å²) in [5.41, 5.74) is 1.35. The van der Waals surface area contributed by atoms with Crippen molar-refractivity contribution in [2.45, 2.75) is 108 Å². The molecule has 302 valence electrons. The molecular formula is C39H56N6O8S2. The zero-order chi connectivity index (χ0) is 40.2. The lowest BCUT2D eigenvalue weighted by Gasteiger charge is -2.34. The summed E-state index contributed by atoms with van der Waals surface area (Å²) in [7, 11) is -0.907. The van der Waals surface area contributed by atoms with Crippen LogP contribution in [0, 0.1) is 5.92 Å². The molecule has 16 heteroatoms. The van der Waals surface area contributed by atoms with Crippen molar-refractivity contribution in [3.05, 3.63) is 81.8 Å². The molecule has 1 aliphatic carbocycles. The molecule has 1 aliphatic rings. The Morgan fingerprint density at radius 3 is 2.38 bits per heavy atom. The largest absolute Gasteiger partial charge is 0.411 e. The molecule has 3 amide bonds. The summed E-state index contributed by atoms with van der Waals surface area (Å²) in [6.45, 7) is 7.71. The van der Waals surface area contributed by atoms with E-state index in [0.29, 0.717) is 17.9 Å². The van der Waals surface area contributed by atoms with Gasteiger partial charge in [0.25, 0.3) is 0 Å². The van der Waals surface area contributed by atoms with Crippen molar-refractivity contribution in [1.82, 2.24) is 24.8 Å². The fraction of sp³-hybridized carbons (Fsp3) is 0.538. The van der Waals surface area contributed by atoms with Crippen molar-refractivity contribution in [1.29, 1.82) is 0 Å². The molecule has 55 heavy (non-hydrogen) atoms. The van der Waals surface area contributed by atoms with Gasteiger partial charge in [0.15, 0.2) is 0 Å². The third-order valence-electron chi connectivity index (χ3n) is 9.33. The van der Waals surface area contributed by atoms with E-state index >= 15 is 0 Å². The van der Waals surface area contributed by atoms with Crippen LogP contribution in [-0.4, -0.2) is 108 Å². The van der Waals surface area contributed by atoms with Crippen molar-refractivity contribution in [2.75, 3.05) is 27.2 Å². The molecule has 4 rings (SSSR count). The zero-order valence-corrected chi connectivity index (χ0v) is 34.2. The zero-order valence-electron chi connectivity index (χ0n) is 32.6. The van der Waals surface area contributed by atoms with Crippen molar-refractivity contribution in [3.8, 4) is 0 Å². The maximum atomic E-state index is 14.3. The number of aromatic nitrogens is 1. The van der Waals surface area contributed by atoms with Crippen molar-refractivity contribution in [3.63, 3.8) is 0 Å². The number of thiazole rings is 1. The normalized spacial score (nSPS) is 16.2. The number of hydrogen-bond acceptors (Lipinski definition) is 11. The van der Waals surface area contributed by atoms with E-state index in [2.05, 4.69) is 20.8 Å². The monoisotopic (exact) mass is 800 g/mol. The number of amides is 3. The first-order chi connectivity index (χ1) is 26.1. The number of hydrogen-bond donors (Lipinski definition) is 4. The number of rotatable bonds is 19. The molecule has 4 atom stereocenters. The summed E-state index contributed by atoms with van der Waals surface area (Å²) in [5.74, 6) is -0.478. The second kappa shape index (κ2) is 20.3. The van der Waals surface area contributed by atoms with E-state index in [1.165, 1.54) is 51.0 Å². The number of carbonyl (C=O) groups is 2. The van der Waals surface area contributed by atoms with Crippen LogP contribution in [0.1, 0.15) is 75.2 Å². The van der Waals surface area contributed by atoms with Crippen LogP contribution in [0.25, 0.3) is 0 Å². The van der Waals surface area contributed by atoms with Crippen LogP contribution in [0.3, 0.4) is 0 Å². The summed E-state index contributed by atoms with van der Waals surface area (Å²) in [6, 6.07) is 12.6. The molecular weight excluding hydrogens is 745 g/mol. The summed E-state index contributed by atoms with van der Waals surface area (Å²) in [5, 5.41) is 32.3. The van der Waals surface area contributed by atoms with E-state index in [-0.39, 0.29) is 36.9 Å². The van der Waals surface area contributed by atoms with Crippen LogP contribution in [-0.2, 0) is 43.9 Å². The average Bonchev–Trinajstić information content (AvgIpc) is 3.82. The smallest absolute Gasteiger partial charge is 0.318 e. The predicted molar refractivity (Wildman–Crippen MR) is 212 cm³/mol. The molecule has 0 bridgehead atoms. The van der Waals surface area contributed by atoms with E-state index in [1.807, 2.05) is 56.5 Å². The molecule has 0 spiro atoms. The minimum Gasteiger partial charge on any atom is -0.411 e. The lowest BCUT2D eigenvalue weighted by atomic mass is 9.99. The topological polar surface area (TPSA) is 183 Å². The van der Waals surface area contributed by atoms with Gasteiger partial charge in [0, 0.05) is 32.6 Å². The van der Waals surface area contributed by atoms with Gasteiger partial charge in [0.05, 0.1) is 53.8 Å². The van der Waals surface area contributed by atoms with Crippen molar-refractivity contribution in [2.24, 2.45) is 11.1 Å². The van der Waals surface area contributed by atoms with Gasteiger partial charge in [-0.05, 0) is 76.1 Å². The fourth-order valence-corrected chi connectivity index (χ4v) is 8.93. The number of oxime groups is 1. The standard InChI is InChI=1S/C39H56N6O8S2/c1-27(53-39(2,3)4)36(43-38(48)44(5)23-31-26-54-35(41-31)25-52-6)37(47)42-33(20-28-12-8-7-9-13-28)34(46)24-45(22-30-14-10-11-15-30)55(50,51)32-18-16-29(17-19-32)21-40-49/h7-9,12-13,16-19,21,26-27,30,33-34,36,46,49H,10-11,14-15,20,22-25H2,1-6H3,(H,42,47)(H,43,48)/b40-21+/t27-,33+,34?,36-/m1/s1. The Morgan fingerprint density at radius 1 is 1.09 bits per heavy atom. The van der Waals surface area contributed by atoms with Crippen molar-refractivity contribution >= 4 is 39.5 Å². The highest BCUT2D eigenvalue weighted by molar-refractivity contribution is 7.89. The Kier molecular flexibility index (Phi) is 16.2. The van der Waals surface area contributed by atoms with Gasteiger partial charge in [-0.2, -0.15) is 4.31 Å². The molecule has 1 unspecified atom stereocenters. The van der Waals surface area contributed by atoms with Gasteiger partial charge in [0.2, 0.25) is 15.9 Å². The molecule has 1 heterocycles. The number of nitrogens with zero attached hydrogens (tertiary/aromatic N) is 4. The number of sulfonamides is 1. The number of nitrogens with one attached hydrogen (secondary N) is 2. The molecule has 2 aromatic carbocycles. The molecule has 0 radical (unpaired) electrons. The number of urea groups is 1. The van der Waals surface area contributed by atoms with E-state index < -0.39 is 51.9 Å². The lowest BCUT2D eigenvalue weighted by molar-refractivity contribution is -0.132. The minimum absolute atomic E-state index is 0.0315. The van der Waals surface area contributed by atoms with Crippen molar-refractivity contribution < 1.29 is 37.8 Å². The average molecular weight is 801 g/mol. The van der Waals surface area contributed by atoms with E-state index in [4.69, 9.17) is 14.7 Å². The number of aliphatic hydroxyl groups excluding tert-OH is 1. The second-order valence-electron chi connectivity index (χ2n) is 15.0. The number of ether oxygens (including phenoxy) is 2. The summed E-state index contributed by atoms with van der Waals surface area (Å²) in [6.07, 6.45) is 2.99. The lowest BCUT2D eigenvalue weighted by Crippen LogP contribution is -2.60. The Balaban J connectivity index is 1.61. The number of carbonyl (C=O) groups excluding carboxylic acids is 2. The third kappa shape index (κ3) is 13.4. The first-order valence-corrected chi connectivity index (χ1v) is 20.8. The Hall–Kier alpha value is -3.93. The summed E-state index contributed by atoms with van der Waals surface area (Å²) < 4.78 is 41.0. The number of benzene rings is 2. The van der Waals surface area contributed by atoms with Crippen LogP contribution in [0.5, 0.6) is 0 Å². The second-order valence-corrected chi connectivity index (χ2v) is 17.9. The highest BCUT2D eigenvalue weighted by atomic mass is 32.2. The number of methoxy groups -OCH3 is 1. The van der Waals surface area contributed by atoms with Gasteiger partial charge in [-0.25, -0.2) is 18.2 Å². The maximum Gasteiger partial charge on any atom is 0.318 e. The minimum atomic E-state index is -4.09. The first-order valence-electron chi connectivity index (χ1n) is 18.5. The highest BCUT2D eigenvalue weighted by Gasteiger charge is 2.37. The maximum absolute atomic E-state index is 14.3. The summed E-state index contributed by atoms with van der Waals surface area (Å²) in [4.78, 5) is 33.8. The molecule has 4 N–H and O–H groups in total. The molecule has 0 aliphatic heterocycles. The van der Waals surface area contributed by atoms with Gasteiger partial charge in [0.1, 0.15) is 11.0 Å². The molecule has 3 aromatic rings. The van der Waals surface area contributed by atoms with E-state index in [1.54, 1.807) is 21.1 Å². The van der Waals surface area contributed by atoms with E-state index in [0.717, 1.165) is 36.3 Å². The summed E-state index contributed by atoms with van der Waals surface area (Å²) >= 11 is 1.43. The third-order valence-corrected chi connectivity index (χ3v) is 12.0. The van der Waals surface area contributed by atoms with Gasteiger partial charge in [-0.15, -0.1) is 11.3 Å². The SMILES string of the molecule is COCc1nc(CN(C)C(=O)N[C@@H](C(=O)N[C@@H](Cc2ccccc2)C(O)CN(CC2CCCC2)S(=O)(=O)c2ccc(/C=N/O)cc2)[C@@H](C)OC(C)(C)C)cs1. The van der Waals surface area contributed by atoms with Crippen LogP contribution in [0.4, 0.5) is 4.79 Å². The van der Waals surface area contributed by atoms with Crippen LogP contribution in [0.2, 0.25) is 0 Å². The number of aliphatic hydroxyl groups is 1. The quantitative estimate of drug-likeness (QED) is 0.0754. The van der Waals surface area contributed by atoms with Crippen LogP contribution < -0.4 is 10.6 Å². The Labute approximate surface area is 329 Å². The molecule has 0 saturated heterocycles. The van der Waals surface area contributed by atoms with Gasteiger partial charge < -0.3 is 35.3 Å². The van der Waals surface area contributed by atoms with Gasteiger partial charge in [-0.1, -0.05) is 60.5 Å². The van der Waals surface area contributed by atoms with Crippen LogP contribution >= 0.6 is 11.3 Å². The Morgan fingerprint density at radius 2 is 1.76 bits per heavy atom. The molecule has 1 fully saturated rings. The van der Waals surface area contributed by atoms with Gasteiger partial charge in [-0.3, -0.25) is 4.79 Å².